The molecule has 0 bridgehead atoms. The number of hydrogen-bond acceptors (Lipinski definition) is 3. The first-order valence-corrected chi connectivity index (χ1v) is 5.59. The van der Waals surface area contributed by atoms with E-state index in [2.05, 4.69) is 15.3 Å². The predicted molar refractivity (Wildman–Crippen MR) is 62.1 cm³/mol. The van der Waals surface area contributed by atoms with Crippen molar-refractivity contribution < 1.29 is 4.42 Å². The lowest BCUT2D eigenvalue weighted by Gasteiger charge is -2.01. The molecule has 0 aliphatic rings. The smallest absolute Gasteiger partial charge is 0.117 e. The van der Waals surface area contributed by atoms with Gasteiger partial charge in [-0.05, 0) is 32.0 Å². The Labute approximate surface area is 95.1 Å². The fourth-order valence-corrected chi connectivity index (χ4v) is 1.61. The highest BCUT2D eigenvalue weighted by Gasteiger charge is 1.98. The van der Waals surface area contributed by atoms with E-state index in [4.69, 9.17) is 4.42 Å². The van der Waals surface area contributed by atoms with Gasteiger partial charge in [0.2, 0.25) is 0 Å². The lowest BCUT2D eigenvalue weighted by Crippen LogP contribution is -2.15. The second-order valence-electron chi connectivity index (χ2n) is 3.83. The molecule has 0 atom stereocenters. The van der Waals surface area contributed by atoms with Crippen LogP contribution in [0.2, 0.25) is 0 Å². The molecule has 0 saturated carbocycles. The molecule has 0 aliphatic heterocycles. The molecule has 16 heavy (non-hydrogen) atoms. The van der Waals surface area contributed by atoms with Crippen LogP contribution in [0.4, 0.5) is 0 Å². The van der Waals surface area contributed by atoms with E-state index in [0.29, 0.717) is 0 Å². The summed E-state index contributed by atoms with van der Waals surface area (Å²) in [6.07, 6.45) is 5.70. The predicted octanol–water partition coefficient (Wildman–Crippen LogP) is 2.03. The Kier molecular flexibility index (Phi) is 3.77. The summed E-state index contributed by atoms with van der Waals surface area (Å²) in [6, 6.07) is 3.99. The zero-order chi connectivity index (χ0) is 11.2. The van der Waals surface area contributed by atoms with E-state index in [0.717, 1.165) is 43.3 Å². The number of nitrogens with zero attached hydrogens (tertiary/aromatic N) is 1. The number of aromatic amines is 1. The lowest BCUT2D eigenvalue weighted by molar-refractivity contribution is 0.460. The van der Waals surface area contributed by atoms with E-state index >= 15 is 0 Å². The summed E-state index contributed by atoms with van der Waals surface area (Å²) >= 11 is 0. The zero-order valence-corrected chi connectivity index (χ0v) is 9.49. The maximum atomic E-state index is 5.45. The van der Waals surface area contributed by atoms with Gasteiger partial charge in [-0.25, -0.2) is 4.98 Å². The first kappa shape index (κ1) is 11.0. The number of aromatic nitrogens is 2. The SMILES string of the molecule is Cc1ccc(CNCCCc2ncc[nH]2)o1. The molecule has 0 aromatic carbocycles. The molecule has 0 fully saturated rings. The summed E-state index contributed by atoms with van der Waals surface area (Å²) < 4.78 is 5.45. The zero-order valence-electron chi connectivity index (χ0n) is 9.49. The summed E-state index contributed by atoms with van der Waals surface area (Å²) in [5.74, 6) is 3.01. The summed E-state index contributed by atoms with van der Waals surface area (Å²) in [5, 5.41) is 3.34. The standard InChI is InChI=1S/C12H17N3O/c1-10-4-5-11(16-10)9-13-6-2-3-12-14-7-8-15-12/h4-5,7-8,13H,2-3,6,9H2,1H3,(H,14,15). The molecular formula is C12H17N3O. The number of furan rings is 1. The minimum Gasteiger partial charge on any atom is -0.465 e. The second-order valence-corrected chi connectivity index (χ2v) is 3.83. The van der Waals surface area contributed by atoms with E-state index in [9.17, 15) is 0 Å². The highest BCUT2D eigenvalue weighted by Crippen LogP contribution is 2.05. The molecule has 2 aromatic rings. The number of aryl methyl sites for hydroxylation is 2. The third-order valence-electron chi connectivity index (χ3n) is 2.42. The van der Waals surface area contributed by atoms with Crippen LogP contribution < -0.4 is 5.32 Å². The Morgan fingerprint density at radius 2 is 2.38 bits per heavy atom. The average Bonchev–Trinajstić information content (AvgIpc) is 2.89. The largest absolute Gasteiger partial charge is 0.465 e. The number of imidazole rings is 1. The third-order valence-corrected chi connectivity index (χ3v) is 2.42. The first-order chi connectivity index (χ1) is 7.84. The van der Waals surface area contributed by atoms with Gasteiger partial charge in [0.25, 0.3) is 0 Å². The van der Waals surface area contributed by atoms with Crippen molar-refractivity contribution in [2.24, 2.45) is 0 Å². The molecule has 0 radical (unpaired) electrons. The van der Waals surface area contributed by atoms with Crippen molar-refractivity contribution in [2.45, 2.75) is 26.3 Å². The van der Waals surface area contributed by atoms with Gasteiger partial charge >= 0.3 is 0 Å². The summed E-state index contributed by atoms with van der Waals surface area (Å²) in [7, 11) is 0. The molecule has 0 saturated heterocycles. The molecule has 2 rings (SSSR count). The van der Waals surface area contributed by atoms with Crippen molar-refractivity contribution in [1.82, 2.24) is 15.3 Å². The lowest BCUT2D eigenvalue weighted by atomic mass is 10.3. The maximum absolute atomic E-state index is 5.45. The van der Waals surface area contributed by atoms with Gasteiger partial charge in [0, 0.05) is 18.8 Å². The fraction of sp³-hybridized carbons (Fsp3) is 0.417. The molecule has 86 valence electrons. The van der Waals surface area contributed by atoms with Gasteiger partial charge in [0.05, 0.1) is 6.54 Å². The molecule has 0 aliphatic carbocycles. The highest BCUT2D eigenvalue weighted by molar-refractivity contribution is 5.05. The van der Waals surface area contributed by atoms with Crippen molar-refractivity contribution in [3.63, 3.8) is 0 Å². The Morgan fingerprint density at radius 1 is 1.44 bits per heavy atom. The Hall–Kier alpha value is -1.55. The molecule has 4 heteroatoms. The Morgan fingerprint density at radius 3 is 3.06 bits per heavy atom. The van der Waals surface area contributed by atoms with Crippen LogP contribution in [-0.2, 0) is 13.0 Å². The normalized spacial score (nSPS) is 10.8. The van der Waals surface area contributed by atoms with E-state index in [-0.39, 0.29) is 0 Å². The third kappa shape index (κ3) is 3.24. The minimum atomic E-state index is 0.798. The monoisotopic (exact) mass is 219 g/mol. The number of nitrogens with one attached hydrogen (secondary N) is 2. The van der Waals surface area contributed by atoms with Gasteiger partial charge in [-0.15, -0.1) is 0 Å². The molecule has 2 N–H and O–H groups in total. The van der Waals surface area contributed by atoms with Crippen LogP contribution in [0.5, 0.6) is 0 Å². The van der Waals surface area contributed by atoms with Gasteiger partial charge in [-0.3, -0.25) is 0 Å². The van der Waals surface area contributed by atoms with Gasteiger partial charge in [-0.1, -0.05) is 0 Å². The van der Waals surface area contributed by atoms with E-state index in [1.807, 2.05) is 25.3 Å². The molecule has 0 spiro atoms. The van der Waals surface area contributed by atoms with Crippen molar-refractivity contribution in [2.75, 3.05) is 6.54 Å². The molecule has 0 amide bonds. The van der Waals surface area contributed by atoms with Crippen LogP contribution >= 0.6 is 0 Å². The van der Waals surface area contributed by atoms with E-state index in [1.54, 1.807) is 6.20 Å². The first-order valence-electron chi connectivity index (χ1n) is 5.59. The minimum absolute atomic E-state index is 0.798. The van der Waals surface area contributed by atoms with Crippen LogP contribution in [-0.4, -0.2) is 16.5 Å². The van der Waals surface area contributed by atoms with Crippen LogP contribution in [0.3, 0.4) is 0 Å². The molecule has 2 aromatic heterocycles. The van der Waals surface area contributed by atoms with Crippen molar-refractivity contribution in [3.05, 3.63) is 41.9 Å². The quantitative estimate of drug-likeness (QED) is 0.731. The molecule has 0 unspecified atom stereocenters. The summed E-state index contributed by atoms with van der Waals surface area (Å²) in [4.78, 5) is 7.27. The van der Waals surface area contributed by atoms with Crippen molar-refractivity contribution in [3.8, 4) is 0 Å². The highest BCUT2D eigenvalue weighted by atomic mass is 16.3. The van der Waals surface area contributed by atoms with Crippen LogP contribution in [0.15, 0.2) is 28.9 Å². The van der Waals surface area contributed by atoms with Gasteiger partial charge in [0.15, 0.2) is 0 Å². The Bertz CT molecular complexity index is 406. The van der Waals surface area contributed by atoms with Gasteiger partial charge < -0.3 is 14.7 Å². The maximum Gasteiger partial charge on any atom is 0.117 e. The summed E-state index contributed by atoms with van der Waals surface area (Å²) in [5.41, 5.74) is 0. The molecular weight excluding hydrogens is 202 g/mol. The van der Waals surface area contributed by atoms with Gasteiger partial charge in [0.1, 0.15) is 17.3 Å². The number of rotatable bonds is 6. The Balaban J connectivity index is 1.59. The van der Waals surface area contributed by atoms with Crippen molar-refractivity contribution >= 4 is 0 Å². The number of H-pyrrole nitrogens is 1. The van der Waals surface area contributed by atoms with Crippen LogP contribution in [0.25, 0.3) is 0 Å². The van der Waals surface area contributed by atoms with E-state index < -0.39 is 0 Å². The number of hydrogen-bond donors (Lipinski definition) is 2. The van der Waals surface area contributed by atoms with Crippen molar-refractivity contribution in [1.29, 1.82) is 0 Å². The topological polar surface area (TPSA) is 53.9 Å². The second kappa shape index (κ2) is 5.51. The molecule has 2 heterocycles. The average molecular weight is 219 g/mol. The van der Waals surface area contributed by atoms with Crippen LogP contribution in [0, 0.1) is 6.92 Å². The summed E-state index contributed by atoms with van der Waals surface area (Å²) in [6.45, 7) is 3.73. The fourth-order valence-electron chi connectivity index (χ4n) is 1.61. The van der Waals surface area contributed by atoms with Gasteiger partial charge in [-0.2, -0.15) is 0 Å². The van der Waals surface area contributed by atoms with E-state index in [1.165, 1.54) is 0 Å². The molecule has 4 nitrogen and oxygen atoms in total. The van der Waals surface area contributed by atoms with Crippen LogP contribution in [0.1, 0.15) is 23.8 Å².